The number of rotatable bonds is 7. The maximum absolute atomic E-state index is 3.68. The number of hydrogen-bond donors (Lipinski definition) is 1. The predicted molar refractivity (Wildman–Crippen MR) is 108 cm³/mol. The SMILES string of the molecule is CCCN[C@H](C)C1C=CC=C1P(c1ccccc1)c1ccccc1. The maximum atomic E-state index is 3.68. The van der Waals surface area contributed by atoms with Crippen molar-refractivity contribution in [1.29, 1.82) is 0 Å². The summed E-state index contributed by atoms with van der Waals surface area (Å²) in [6.07, 6.45) is 8.13. The lowest BCUT2D eigenvalue weighted by Crippen LogP contribution is -2.34. The maximum Gasteiger partial charge on any atom is 0.0183 e. The van der Waals surface area contributed by atoms with Crippen LogP contribution in [0.15, 0.2) is 84.2 Å². The summed E-state index contributed by atoms with van der Waals surface area (Å²) in [6, 6.07) is 22.4. The van der Waals surface area contributed by atoms with Crippen LogP contribution < -0.4 is 15.9 Å². The average molecular weight is 335 g/mol. The zero-order valence-corrected chi connectivity index (χ0v) is 15.4. The van der Waals surface area contributed by atoms with Gasteiger partial charge in [-0.25, -0.2) is 0 Å². The Kier molecular flexibility index (Phi) is 6.01. The van der Waals surface area contributed by atoms with Gasteiger partial charge in [-0.1, -0.05) is 85.8 Å². The van der Waals surface area contributed by atoms with Gasteiger partial charge in [-0.05, 0) is 43.7 Å². The summed E-state index contributed by atoms with van der Waals surface area (Å²) in [5.74, 6) is 0.475. The monoisotopic (exact) mass is 335 g/mol. The van der Waals surface area contributed by atoms with Crippen molar-refractivity contribution < 1.29 is 0 Å². The molecular formula is C22H26NP. The molecule has 1 nitrogen and oxygen atoms in total. The van der Waals surface area contributed by atoms with Crippen molar-refractivity contribution in [3.63, 3.8) is 0 Å². The quantitative estimate of drug-likeness (QED) is 0.731. The number of benzene rings is 2. The van der Waals surface area contributed by atoms with Crippen molar-refractivity contribution in [2.45, 2.75) is 26.3 Å². The first-order chi connectivity index (χ1) is 11.8. The molecule has 0 aromatic heterocycles. The number of allylic oxidation sites excluding steroid dienone is 2. The molecule has 2 heteroatoms. The molecule has 2 aromatic rings. The minimum absolute atomic E-state index is 0.465. The molecule has 24 heavy (non-hydrogen) atoms. The first kappa shape index (κ1) is 17.1. The molecule has 0 fully saturated rings. The highest BCUT2D eigenvalue weighted by Crippen LogP contribution is 2.49. The molecule has 0 radical (unpaired) electrons. The summed E-state index contributed by atoms with van der Waals surface area (Å²) in [5.41, 5.74) is 0. The van der Waals surface area contributed by atoms with Gasteiger partial charge in [0.25, 0.3) is 0 Å². The molecule has 3 rings (SSSR count). The fourth-order valence-corrected chi connectivity index (χ4v) is 5.91. The van der Waals surface area contributed by atoms with Crippen LogP contribution in [0.25, 0.3) is 0 Å². The van der Waals surface area contributed by atoms with Gasteiger partial charge in [0.1, 0.15) is 0 Å². The van der Waals surface area contributed by atoms with E-state index in [2.05, 4.69) is 98.1 Å². The first-order valence-corrected chi connectivity index (χ1v) is 10.2. The molecule has 1 unspecified atom stereocenters. The second kappa shape index (κ2) is 8.42. The van der Waals surface area contributed by atoms with Crippen LogP contribution in [0.3, 0.4) is 0 Å². The Labute approximate surface area is 147 Å². The van der Waals surface area contributed by atoms with Crippen LogP contribution in [0.1, 0.15) is 20.3 Å². The normalized spacial score (nSPS) is 18.0. The topological polar surface area (TPSA) is 12.0 Å². The zero-order chi connectivity index (χ0) is 16.8. The van der Waals surface area contributed by atoms with Gasteiger partial charge in [-0.2, -0.15) is 0 Å². The van der Waals surface area contributed by atoms with E-state index in [0.717, 1.165) is 6.54 Å². The standard InChI is InChI=1S/C22H26NP/c1-3-17-23-18(2)21-15-10-16-22(21)24(19-11-6-4-7-12-19)20-13-8-5-9-14-20/h4-16,18,21,23H,3,17H2,1-2H3/t18-,21?/m1/s1. The Hall–Kier alpha value is -1.69. The third kappa shape index (κ3) is 3.86. The van der Waals surface area contributed by atoms with Crippen molar-refractivity contribution >= 4 is 18.5 Å². The molecule has 0 bridgehead atoms. The highest BCUT2D eigenvalue weighted by atomic mass is 31.1. The fourth-order valence-electron chi connectivity index (χ4n) is 3.23. The van der Waals surface area contributed by atoms with Crippen LogP contribution in [-0.2, 0) is 0 Å². The van der Waals surface area contributed by atoms with Gasteiger partial charge in [0, 0.05) is 12.0 Å². The van der Waals surface area contributed by atoms with Gasteiger partial charge in [-0.15, -0.1) is 0 Å². The molecule has 124 valence electrons. The van der Waals surface area contributed by atoms with Crippen LogP contribution in [0.2, 0.25) is 0 Å². The summed E-state index contributed by atoms with van der Waals surface area (Å²) in [6.45, 7) is 5.61. The summed E-state index contributed by atoms with van der Waals surface area (Å²) in [5, 5.41) is 8.10. The molecule has 1 N–H and O–H groups in total. The summed E-state index contributed by atoms with van der Waals surface area (Å²) >= 11 is 0. The van der Waals surface area contributed by atoms with E-state index in [-0.39, 0.29) is 0 Å². The summed E-state index contributed by atoms with van der Waals surface area (Å²) < 4.78 is 0. The largest absolute Gasteiger partial charge is 0.313 e. The summed E-state index contributed by atoms with van der Waals surface area (Å²) in [7, 11) is -0.480. The molecule has 2 aromatic carbocycles. The predicted octanol–water partition coefficient (Wildman–Crippen LogP) is 4.58. The second-order valence-corrected chi connectivity index (χ2v) is 8.47. The molecule has 0 aliphatic heterocycles. The van der Waals surface area contributed by atoms with Gasteiger partial charge >= 0.3 is 0 Å². The van der Waals surface area contributed by atoms with E-state index >= 15 is 0 Å². The lowest BCUT2D eigenvalue weighted by molar-refractivity contribution is 0.488. The van der Waals surface area contributed by atoms with Crippen molar-refractivity contribution in [2.24, 2.45) is 5.92 Å². The molecule has 2 atom stereocenters. The highest BCUT2D eigenvalue weighted by molar-refractivity contribution is 7.76. The first-order valence-electron chi connectivity index (χ1n) is 8.83. The minimum atomic E-state index is -0.480. The Balaban J connectivity index is 1.94. The van der Waals surface area contributed by atoms with E-state index in [0.29, 0.717) is 12.0 Å². The Bertz CT molecular complexity index is 651. The van der Waals surface area contributed by atoms with Crippen molar-refractivity contribution in [3.8, 4) is 0 Å². The molecule has 0 spiro atoms. The Morgan fingerprint density at radius 1 is 0.958 bits per heavy atom. The molecule has 1 aliphatic rings. The van der Waals surface area contributed by atoms with Crippen molar-refractivity contribution in [1.82, 2.24) is 5.32 Å². The van der Waals surface area contributed by atoms with Gasteiger partial charge in [0.2, 0.25) is 0 Å². The van der Waals surface area contributed by atoms with Crippen LogP contribution >= 0.6 is 7.92 Å². The van der Waals surface area contributed by atoms with E-state index in [9.17, 15) is 0 Å². The van der Waals surface area contributed by atoms with E-state index in [1.165, 1.54) is 17.0 Å². The second-order valence-electron chi connectivity index (χ2n) is 6.25. The number of hydrogen-bond acceptors (Lipinski definition) is 1. The molecule has 0 saturated carbocycles. The molecular weight excluding hydrogens is 309 g/mol. The van der Waals surface area contributed by atoms with Crippen LogP contribution in [0.5, 0.6) is 0 Å². The lowest BCUT2D eigenvalue weighted by atomic mass is 10.0. The minimum Gasteiger partial charge on any atom is -0.313 e. The van der Waals surface area contributed by atoms with E-state index in [4.69, 9.17) is 0 Å². The lowest BCUT2D eigenvalue weighted by Gasteiger charge is -2.29. The zero-order valence-electron chi connectivity index (χ0n) is 14.5. The number of nitrogens with one attached hydrogen (secondary N) is 1. The Morgan fingerprint density at radius 2 is 1.54 bits per heavy atom. The third-order valence-corrected chi connectivity index (χ3v) is 7.06. The third-order valence-electron chi connectivity index (χ3n) is 4.47. The van der Waals surface area contributed by atoms with E-state index in [1.807, 2.05) is 0 Å². The average Bonchev–Trinajstić information content (AvgIpc) is 3.11. The molecule has 0 amide bonds. The Morgan fingerprint density at radius 3 is 2.08 bits per heavy atom. The fraction of sp³-hybridized carbons (Fsp3) is 0.273. The molecule has 0 heterocycles. The van der Waals surface area contributed by atoms with Gasteiger partial charge in [0.05, 0.1) is 0 Å². The molecule has 0 saturated heterocycles. The van der Waals surface area contributed by atoms with Crippen LogP contribution in [0.4, 0.5) is 0 Å². The van der Waals surface area contributed by atoms with Crippen molar-refractivity contribution in [2.75, 3.05) is 6.54 Å². The highest BCUT2D eigenvalue weighted by Gasteiger charge is 2.29. The van der Waals surface area contributed by atoms with E-state index in [1.54, 1.807) is 5.31 Å². The van der Waals surface area contributed by atoms with Crippen LogP contribution in [-0.4, -0.2) is 12.6 Å². The van der Waals surface area contributed by atoms with Crippen LogP contribution in [0, 0.1) is 5.92 Å². The smallest absolute Gasteiger partial charge is 0.0183 e. The van der Waals surface area contributed by atoms with Gasteiger partial charge in [-0.3, -0.25) is 0 Å². The van der Waals surface area contributed by atoms with Gasteiger partial charge in [0.15, 0.2) is 0 Å². The summed E-state index contributed by atoms with van der Waals surface area (Å²) in [4.78, 5) is 0. The van der Waals surface area contributed by atoms with Gasteiger partial charge < -0.3 is 5.32 Å². The molecule has 1 aliphatic carbocycles. The van der Waals surface area contributed by atoms with E-state index < -0.39 is 7.92 Å². The van der Waals surface area contributed by atoms with Crippen molar-refractivity contribution in [3.05, 3.63) is 84.2 Å².